The molecule has 1 heterocycles. The number of primary amides is 1. The normalized spacial score (nSPS) is 18.3. The van der Waals surface area contributed by atoms with Gasteiger partial charge in [0.15, 0.2) is 0 Å². The fraction of sp³-hybridized carbons (Fsp3) is 0.714. The van der Waals surface area contributed by atoms with E-state index in [0.717, 1.165) is 28.7 Å². The molecule has 1 aromatic rings. The molecule has 1 aliphatic rings. The third kappa shape index (κ3) is 2.76. The number of carbonyl (C=O) groups is 1. The summed E-state index contributed by atoms with van der Waals surface area (Å²) in [6, 6.07) is 0.198. The van der Waals surface area contributed by atoms with E-state index in [2.05, 4.69) is 26.3 Å². The molecular weight excluding hydrogens is 320 g/mol. The molecule has 0 radical (unpaired) electrons. The largest absolute Gasteiger partial charge is 0.368 e. The molecule has 1 amide bonds. The van der Waals surface area contributed by atoms with Gasteiger partial charge in [0, 0.05) is 11.7 Å². The van der Waals surface area contributed by atoms with Gasteiger partial charge in [-0.3, -0.25) is 14.8 Å². The van der Waals surface area contributed by atoms with Crippen molar-refractivity contribution < 1.29 is 4.79 Å². The number of carbonyl (C=O) groups excluding carboxylic acids is 1. The van der Waals surface area contributed by atoms with Crippen LogP contribution in [0.5, 0.6) is 0 Å². The highest BCUT2D eigenvalue weighted by Gasteiger charge is 2.50. The highest BCUT2D eigenvalue weighted by atomic mass is 79.9. The summed E-state index contributed by atoms with van der Waals surface area (Å²) in [6.07, 6.45) is 2.09. The Balaban J connectivity index is 2.36. The number of aryl methyl sites for hydroxylation is 1. The molecule has 1 aliphatic carbocycles. The molecule has 1 atom stereocenters. The second kappa shape index (κ2) is 5.48. The lowest BCUT2D eigenvalue weighted by molar-refractivity contribution is -0.126. The van der Waals surface area contributed by atoms with Gasteiger partial charge in [0.2, 0.25) is 5.91 Å². The first-order chi connectivity index (χ1) is 9.28. The molecule has 0 saturated heterocycles. The van der Waals surface area contributed by atoms with Gasteiger partial charge in [0.25, 0.3) is 0 Å². The van der Waals surface area contributed by atoms with Crippen LogP contribution in [0.2, 0.25) is 0 Å². The number of hydrogen-bond acceptors (Lipinski definition) is 3. The van der Waals surface area contributed by atoms with Gasteiger partial charge in [-0.2, -0.15) is 5.10 Å². The van der Waals surface area contributed by atoms with Gasteiger partial charge < -0.3 is 5.73 Å². The van der Waals surface area contributed by atoms with Gasteiger partial charge in [-0.05, 0) is 62.4 Å². The average Bonchev–Trinajstić information content (AvgIpc) is 3.15. The van der Waals surface area contributed by atoms with Gasteiger partial charge in [-0.15, -0.1) is 0 Å². The van der Waals surface area contributed by atoms with E-state index in [1.807, 2.05) is 32.4 Å². The van der Waals surface area contributed by atoms with Crippen molar-refractivity contribution in [2.45, 2.75) is 58.7 Å². The predicted octanol–water partition coefficient (Wildman–Crippen LogP) is 1.89. The molecule has 1 aromatic heterocycles. The fourth-order valence-electron chi connectivity index (χ4n) is 2.80. The number of rotatable bonds is 6. The van der Waals surface area contributed by atoms with Crippen LogP contribution < -0.4 is 11.1 Å². The van der Waals surface area contributed by atoms with E-state index in [9.17, 15) is 4.79 Å². The Labute approximate surface area is 128 Å². The molecule has 0 aromatic carbocycles. The zero-order valence-electron chi connectivity index (χ0n) is 12.5. The van der Waals surface area contributed by atoms with Crippen LogP contribution in [0.15, 0.2) is 4.47 Å². The number of hydrogen-bond donors (Lipinski definition) is 2. The Bertz CT molecular complexity index is 521. The fourth-order valence-corrected chi connectivity index (χ4v) is 3.08. The molecule has 1 saturated carbocycles. The second-order valence-corrected chi connectivity index (χ2v) is 6.84. The third-order valence-electron chi connectivity index (χ3n) is 3.95. The predicted molar refractivity (Wildman–Crippen MR) is 82.3 cm³/mol. The summed E-state index contributed by atoms with van der Waals surface area (Å²) in [7, 11) is 0. The number of nitrogens with one attached hydrogen (secondary N) is 1. The van der Waals surface area contributed by atoms with E-state index in [4.69, 9.17) is 5.73 Å². The maximum absolute atomic E-state index is 12.2. The Morgan fingerprint density at radius 2 is 2.15 bits per heavy atom. The van der Waals surface area contributed by atoms with Gasteiger partial charge in [0.05, 0.1) is 16.7 Å². The molecule has 3 N–H and O–H groups in total. The standard InChI is InChI=1S/C14H23BrN4O/c1-8(2)17-14(13(16)20,11-5-6-11)7-19-10(4)12(15)9(3)18-19/h8,11,17H,5-7H2,1-4H3,(H2,16,20). The zero-order valence-corrected chi connectivity index (χ0v) is 14.1. The Hall–Kier alpha value is -0.880. The smallest absolute Gasteiger partial charge is 0.239 e. The monoisotopic (exact) mass is 342 g/mol. The zero-order chi connectivity index (χ0) is 15.1. The van der Waals surface area contributed by atoms with Crippen molar-refractivity contribution in [3.63, 3.8) is 0 Å². The lowest BCUT2D eigenvalue weighted by atomic mass is 9.91. The number of nitrogens with two attached hydrogens (primary N) is 1. The number of nitrogens with zero attached hydrogens (tertiary/aromatic N) is 2. The Morgan fingerprint density at radius 3 is 2.50 bits per heavy atom. The first kappa shape index (κ1) is 15.5. The molecule has 0 bridgehead atoms. The van der Waals surface area contributed by atoms with Crippen molar-refractivity contribution >= 4 is 21.8 Å². The van der Waals surface area contributed by atoms with Crippen LogP contribution in [-0.2, 0) is 11.3 Å². The van der Waals surface area contributed by atoms with E-state index >= 15 is 0 Å². The van der Waals surface area contributed by atoms with Crippen molar-refractivity contribution in [2.75, 3.05) is 0 Å². The van der Waals surface area contributed by atoms with E-state index in [1.165, 1.54) is 0 Å². The maximum atomic E-state index is 12.2. The SMILES string of the molecule is Cc1nn(CC(NC(C)C)(C(N)=O)C2CC2)c(C)c1Br. The van der Waals surface area contributed by atoms with Crippen LogP contribution in [0.25, 0.3) is 0 Å². The van der Waals surface area contributed by atoms with E-state index in [0.29, 0.717) is 12.5 Å². The van der Waals surface area contributed by atoms with Crippen molar-refractivity contribution in [3.05, 3.63) is 15.9 Å². The highest BCUT2D eigenvalue weighted by molar-refractivity contribution is 9.10. The molecule has 2 rings (SSSR count). The first-order valence-electron chi connectivity index (χ1n) is 7.05. The maximum Gasteiger partial charge on any atom is 0.239 e. The molecule has 20 heavy (non-hydrogen) atoms. The third-order valence-corrected chi connectivity index (χ3v) is 5.10. The molecule has 0 spiro atoms. The molecule has 6 heteroatoms. The van der Waals surface area contributed by atoms with E-state index < -0.39 is 5.54 Å². The summed E-state index contributed by atoms with van der Waals surface area (Å²) in [5.41, 5.74) is 7.01. The minimum absolute atomic E-state index is 0.198. The summed E-state index contributed by atoms with van der Waals surface area (Å²) in [5.74, 6) is 0.0301. The lowest BCUT2D eigenvalue weighted by Crippen LogP contribution is -2.62. The summed E-state index contributed by atoms with van der Waals surface area (Å²) in [4.78, 5) is 12.2. The molecule has 5 nitrogen and oxygen atoms in total. The summed E-state index contributed by atoms with van der Waals surface area (Å²) in [5, 5.41) is 7.92. The minimum Gasteiger partial charge on any atom is -0.368 e. The summed E-state index contributed by atoms with van der Waals surface area (Å²) < 4.78 is 2.88. The van der Waals surface area contributed by atoms with Crippen molar-refractivity contribution in [1.82, 2.24) is 15.1 Å². The van der Waals surface area contributed by atoms with Crippen LogP contribution >= 0.6 is 15.9 Å². The highest BCUT2D eigenvalue weighted by Crippen LogP contribution is 2.41. The molecule has 112 valence electrons. The number of aromatic nitrogens is 2. The molecule has 0 aliphatic heterocycles. The quantitative estimate of drug-likeness (QED) is 0.829. The Morgan fingerprint density at radius 1 is 1.55 bits per heavy atom. The van der Waals surface area contributed by atoms with Crippen LogP contribution in [0.3, 0.4) is 0 Å². The number of amides is 1. The van der Waals surface area contributed by atoms with Gasteiger partial charge in [-0.25, -0.2) is 0 Å². The van der Waals surface area contributed by atoms with Crippen LogP contribution in [-0.4, -0.2) is 27.3 Å². The Kier molecular flexibility index (Phi) is 4.25. The molecule has 1 unspecified atom stereocenters. The second-order valence-electron chi connectivity index (χ2n) is 6.05. The van der Waals surface area contributed by atoms with Crippen molar-refractivity contribution in [2.24, 2.45) is 11.7 Å². The topological polar surface area (TPSA) is 72.9 Å². The molecular formula is C14H23BrN4O. The van der Waals surface area contributed by atoms with E-state index in [1.54, 1.807) is 0 Å². The summed E-state index contributed by atoms with van der Waals surface area (Å²) >= 11 is 3.53. The lowest BCUT2D eigenvalue weighted by Gasteiger charge is -2.34. The molecule has 1 fully saturated rings. The average molecular weight is 343 g/mol. The van der Waals surface area contributed by atoms with E-state index in [-0.39, 0.29) is 11.9 Å². The van der Waals surface area contributed by atoms with Crippen LogP contribution in [0.4, 0.5) is 0 Å². The number of halogens is 1. The van der Waals surface area contributed by atoms with Crippen LogP contribution in [0.1, 0.15) is 38.1 Å². The van der Waals surface area contributed by atoms with Crippen LogP contribution in [0, 0.1) is 19.8 Å². The van der Waals surface area contributed by atoms with Gasteiger partial charge in [-0.1, -0.05) is 0 Å². The minimum atomic E-state index is -0.698. The van der Waals surface area contributed by atoms with Crippen molar-refractivity contribution in [3.8, 4) is 0 Å². The van der Waals surface area contributed by atoms with Gasteiger partial charge >= 0.3 is 0 Å². The van der Waals surface area contributed by atoms with Crippen molar-refractivity contribution in [1.29, 1.82) is 0 Å². The van der Waals surface area contributed by atoms with Gasteiger partial charge in [0.1, 0.15) is 5.54 Å². The summed E-state index contributed by atoms with van der Waals surface area (Å²) in [6.45, 7) is 8.52. The first-order valence-corrected chi connectivity index (χ1v) is 7.84.